The highest BCUT2D eigenvalue weighted by Gasteiger charge is 2.04. The number of carbonyl (C=O) groups excluding carboxylic acids is 1. The Kier molecular flexibility index (Phi) is 4.81. The van der Waals surface area contributed by atoms with E-state index >= 15 is 0 Å². The fourth-order valence-corrected chi connectivity index (χ4v) is 0.580. The smallest absolute Gasteiger partial charge is 0.136 e. The molecule has 1 N–H and O–H groups in total. The van der Waals surface area contributed by atoms with E-state index in [0.29, 0.717) is 13.0 Å². The summed E-state index contributed by atoms with van der Waals surface area (Å²) < 4.78 is 2.63. The molecule has 0 radical (unpaired) electrons. The van der Waals surface area contributed by atoms with Gasteiger partial charge in [0, 0.05) is 18.9 Å². The van der Waals surface area contributed by atoms with Crippen molar-refractivity contribution in [3.63, 3.8) is 0 Å². The molecule has 0 aliphatic carbocycles. The van der Waals surface area contributed by atoms with E-state index in [9.17, 15) is 4.79 Å². The van der Waals surface area contributed by atoms with E-state index in [0.717, 1.165) is 0 Å². The average Bonchev–Trinajstić information content (AvgIpc) is 1.82. The van der Waals surface area contributed by atoms with Crippen LogP contribution in [0.4, 0.5) is 0 Å². The van der Waals surface area contributed by atoms with Crippen LogP contribution in [-0.2, 0) is 4.79 Å². The first-order valence-corrected chi connectivity index (χ1v) is 3.53. The molecule has 0 aromatic carbocycles. The van der Waals surface area contributed by atoms with Gasteiger partial charge in [-0.15, -0.1) is 0 Å². The summed E-state index contributed by atoms with van der Waals surface area (Å²) in [7, 11) is 0. The Morgan fingerprint density at radius 3 is 2.56 bits per heavy atom. The van der Waals surface area contributed by atoms with Crippen molar-refractivity contribution >= 4 is 18.6 Å². The third-order valence-electron chi connectivity index (χ3n) is 1.13. The van der Waals surface area contributed by atoms with Gasteiger partial charge in [0.1, 0.15) is 5.78 Å². The van der Waals surface area contributed by atoms with Crippen LogP contribution in [0.25, 0.3) is 0 Å². The summed E-state index contributed by atoms with van der Waals surface area (Å²) in [6.45, 7) is 4.47. The Labute approximate surface area is 61.6 Å². The monoisotopic (exact) mass is 147 g/mol. The number of nitrogens with one attached hydrogen (secondary N) is 1. The maximum Gasteiger partial charge on any atom is 0.136 e. The van der Waals surface area contributed by atoms with Crippen LogP contribution in [0.1, 0.15) is 20.3 Å². The molecule has 54 valence electrons. The van der Waals surface area contributed by atoms with Gasteiger partial charge in [-0.25, -0.2) is 0 Å². The summed E-state index contributed by atoms with van der Waals surface area (Å²) >= 11 is 3.76. The van der Waals surface area contributed by atoms with Gasteiger partial charge < -0.3 is 0 Å². The zero-order chi connectivity index (χ0) is 7.28. The topological polar surface area (TPSA) is 29.1 Å². The van der Waals surface area contributed by atoms with E-state index in [-0.39, 0.29) is 11.7 Å². The molecule has 0 unspecified atom stereocenters. The molecule has 0 aliphatic heterocycles. The van der Waals surface area contributed by atoms with Crippen molar-refractivity contribution in [3.8, 4) is 0 Å². The minimum absolute atomic E-state index is 0.159. The van der Waals surface area contributed by atoms with Gasteiger partial charge >= 0.3 is 0 Å². The lowest BCUT2D eigenvalue weighted by atomic mass is 10.1. The first-order chi connectivity index (χ1) is 4.18. The maximum absolute atomic E-state index is 10.8. The second-order valence-corrected chi connectivity index (χ2v) is 2.60. The van der Waals surface area contributed by atoms with Crippen molar-refractivity contribution in [2.45, 2.75) is 20.3 Å². The molecule has 0 saturated heterocycles. The summed E-state index contributed by atoms with van der Waals surface area (Å²) in [4.78, 5) is 10.8. The van der Waals surface area contributed by atoms with Crippen molar-refractivity contribution in [3.05, 3.63) is 0 Å². The molecule has 0 aromatic rings. The van der Waals surface area contributed by atoms with Crippen LogP contribution in [0.15, 0.2) is 0 Å². The van der Waals surface area contributed by atoms with Crippen LogP contribution in [0.3, 0.4) is 0 Å². The molecule has 0 fully saturated rings. The highest BCUT2D eigenvalue weighted by molar-refractivity contribution is 7.78. The number of hydrogen-bond donors (Lipinski definition) is 2. The molecule has 0 aromatic heterocycles. The van der Waals surface area contributed by atoms with E-state index in [1.807, 2.05) is 13.8 Å². The van der Waals surface area contributed by atoms with E-state index < -0.39 is 0 Å². The molecule has 9 heavy (non-hydrogen) atoms. The molecule has 3 heteroatoms. The predicted octanol–water partition coefficient (Wildman–Crippen LogP) is 1.04. The Morgan fingerprint density at radius 1 is 1.67 bits per heavy atom. The lowest BCUT2D eigenvalue weighted by molar-refractivity contribution is -0.121. The third kappa shape index (κ3) is 4.48. The fraction of sp³-hybridized carbons (Fsp3) is 0.833. The third-order valence-corrected chi connectivity index (χ3v) is 1.35. The van der Waals surface area contributed by atoms with Gasteiger partial charge in [0.25, 0.3) is 0 Å². The van der Waals surface area contributed by atoms with Crippen molar-refractivity contribution in [1.82, 2.24) is 4.72 Å². The largest absolute Gasteiger partial charge is 0.299 e. The Morgan fingerprint density at radius 2 is 2.22 bits per heavy atom. The van der Waals surface area contributed by atoms with Crippen LogP contribution >= 0.6 is 12.8 Å². The fourth-order valence-electron chi connectivity index (χ4n) is 0.468. The Balaban J connectivity index is 3.28. The SMILES string of the molecule is CC(C)C(=O)CCNS. The van der Waals surface area contributed by atoms with Gasteiger partial charge in [-0.1, -0.05) is 26.7 Å². The average molecular weight is 147 g/mol. The molecule has 0 saturated carbocycles. The van der Waals surface area contributed by atoms with E-state index in [1.165, 1.54) is 0 Å². The van der Waals surface area contributed by atoms with Crippen LogP contribution in [0, 0.1) is 5.92 Å². The van der Waals surface area contributed by atoms with E-state index in [2.05, 4.69) is 17.5 Å². The zero-order valence-corrected chi connectivity index (χ0v) is 6.74. The molecule has 0 aliphatic rings. The predicted molar refractivity (Wildman–Crippen MR) is 41.5 cm³/mol. The summed E-state index contributed by atoms with van der Waals surface area (Å²) in [5, 5.41) is 0. The van der Waals surface area contributed by atoms with Crippen LogP contribution in [0.2, 0.25) is 0 Å². The van der Waals surface area contributed by atoms with Crippen LogP contribution < -0.4 is 4.72 Å². The Hall–Kier alpha value is -0.0200. The number of hydrogen-bond acceptors (Lipinski definition) is 3. The second-order valence-electron chi connectivity index (χ2n) is 2.28. The second kappa shape index (κ2) is 4.82. The van der Waals surface area contributed by atoms with Crippen molar-refractivity contribution < 1.29 is 4.79 Å². The van der Waals surface area contributed by atoms with E-state index in [1.54, 1.807) is 0 Å². The molecule has 0 atom stereocenters. The van der Waals surface area contributed by atoms with Crippen LogP contribution in [0.5, 0.6) is 0 Å². The molecular formula is C6H13NOS. The highest BCUT2D eigenvalue weighted by atomic mass is 32.1. The lowest BCUT2D eigenvalue weighted by Crippen LogP contribution is -2.13. The summed E-state index contributed by atoms with van der Waals surface area (Å²) in [6, 6.07) is 0. The summed E-state index contributed by atoms with van der Waals surface area (Å²) in [6.07, 6.45) is 0.584. The van der Waals surface area contributed by atoms with Gasteiger partial charge in [-0.05, 0) is 0 Å². The standard InChI is InChI=1S/C6H13NOS/c1-5(2)6(8)3-4-7-9/h5,7,9H,3-4H2,1-2H3. The van der Waals surface area contributed by atoms with E-state index in [4.69, 9.17) is 0 Å². The first kappa shape index (κ1) is 8.98. The quantitative estimate of drug-likeness (QED) is 0.582. The van der Waals surface area contributed by atoms with Crippen molar-refractivity contribution in [2.24, 2.45) is 5.92 Å². The molecule has 0 bridgehead atoms. The molecule has 0 spiro atoms. The first-order valence-electron chi connectivity index (χ1n) is 3.08. The van der Waals surface area contributed by atoms with Crippen molar-refractivity contribution in [1.29, 1.82) is 0 Å². The van der Waals surface area contributed by atoms with Gasteiger partial charge in [-0.2, -0.15) is 0 Å². The van der Waals surface area contributed by atoms with Gasteiger partial charge in [-0.3, -0.25) is 9.52 Å². The minimum atomic E-state index is 0.159. The van der Waals surface area contributed by atoms with Crippen LogP contribution in [-0.4, -0.2) is 12.3 Å². The number of ketones is 1. The molecule has 0 amide bonds. The normalized spacial score (nSPS) is 10.2. The molecule has 0 heterocycles. The molecular weight excluding hydrogens is 134 g/mol. The molecule has 2 nitrogen and oxygen atoms in total. The lowest BCUT2D eigenvalue weighted by Gasteiger charge is -2.00. The van der Waals surface area contributed by atoms with Gasteiger partial charge in [0.2, 0.25) is 0 Å². The number of thiol groups is 1. The minimum Gasteiger partial charge on any atom is -0.299 e. The Bertz CT molecular complexity index is 93.1. The zero-order valence-electron chi connectivity index (χ0n) is 5.85. The highest BCUT2D eigenvalue weighted by Crippen LogP contribution is 1.96. The number of rotatable bonds is 4. The number of Topliss-reactive ketones (excluding diaryl/α,β-unsaturated/α-hetero) is 1. The summed E-state index contributed by atoms with van der Waals surface area (Å²) in [5.41, 5.74) is 0. The van der Waals surface area contributed by atoms with Gasteiger partial charge in [0.15, 0.2) is 0 Å². The summed E-state index contributed by atoms with van der Waals surface area (Å²) in [5.74, 6) is 0.447. The molecule has 0 rings (SSSR count). The number of carbonyl (C=O) groups is 1. The van der Waals surface area contributed by atoms with Gasteiger partial charge in [0.05, 0.1) is 0 Å². The maximum atomic E-state index is 10.8. The van der Waals surface area contributed by atoms with Crippen molar-refractivity contribution in [2.75, 3.05) is 6.54 Å².